The topological polar surface area (TPSA) is 18.5 Å². The fraction of sp³-hybridized carbons (Fsp3) is 0.667. The van der Waals surface area contributed by atoms with Crippen LogP contribution in [0.2, 0.25) is 0 Å². The van der Waals surface area contributed by atoms with Gasteiger partial charge >= 0.3 is 0 Å². The van der Waals surface area contributed by atoms with Gasteiger partial charge < -0.3 is 9.47 Å². The number of methoxy groups -OCH3 is 2. The lowest BCUT2D eigenvalue weighted by atomic mass is 10.4. The van der Waals surface area contributed by atoms with Gasteiger partial charge in [-0.15, -0.1) is 0 Å². The quantitative estimate of drug-likeness (QED) is 0.562. The third-order valence-corrected chi connectivity index (χ3v) is 3.70. The molecule has 4 heteroatoms. The van der Waals surface area contributed by atoms with E-state index in [0.29, 0.717) is 0 Å². The maximum atomic E-state index is 5.00. The van der Waals surface area contributed by atoms with E-state index in [0.717, 1.165) is 6.42 Å². The van der Waals surface area contributed by atoms with Crippen molar-refractivity contribution in [2.75, 3.05) is 14.2 Å². The van der Waals surface area contributed by atoms with Crippen LogP contribution in [0.15, 0.2) is 7.66 Å². The second-order valence-corrected chi connectivity index (χ2v) is 3.67. The van der Waals surface area contributed by atoms with Gasteiger partial charge in [0.05, 0.1) is 0 Å². The van der Waals surface area contributed by atoms with Gasteiger partial charge in [-0.3, -0.25) is 0 Å². The van der Waals surface area contributed by atoms with E-state index in [2.05, 4.69) is 45.2 Å². The minimum absolute atomic E-state index is 0.0992. The van der Waals surface area contributed by atoms with Crippen LogP contribution in [-0.4, -0.2) is 20.5 Å². The summed E-state index contributed by atoms with van der Waals surface area (Å²) in [5.41, 5.74) is 0. The van der Waals surface area contributed by atoms with E-state index in [1.807, 2.05) is 4.08 Å². The highest BCUT2D eigenvalue weighted by atomic mass is 127. The van der Waals surface area contributed by atoms with Crippen molar-refractivity contribution in [1.29, 1.82) is 0 Å². The summed E-state index contributed by atoms with van der Waals surface area (Å²) < 4.78 is 13.3. The first kappa shape index (κ1) is 11.1. The van der Waals surface area contributed by atoms with E-state index in [1.165, 1.54) is 3.58 Å². The lowest BCUT2D eigenvalue weighted by Crippen LogP contribution is -2.12. The maximum absolute atomic E-state index is 5.00. The van der Waals surface area contributed by atoms with Gasteiger partial charge in [-0.2, -0.15) is 0 Å². The van der Waals surface area contributed by atoms with Crippen molar-refractivity contribution in [3.63, 3.8) is 0 Å². The summed E-state index contributed by atoms with van der Waals surface area (Å²) in [6.45, 7) is 0. The summed E-state index contributed by atoms with van der Waals surface area (Å²) in [6, 6.07) is 0. The van der Waals surface area contributed by atoms with Gasteiger partial charge in [-0.05, 0) is 26.7 Å². The highest BCUT2D eigenvalue weighted by Crippen LogP contribution is 2.17. The van der Waals surface area contributed by atoms with Crippen LogP contribution in [0.1, 0.15) is 6.42 Å². The zero-order valence-electron chi connectivity index (χ0n) is 5.93. The molecule has 0 aromatic heterocycles. The standard InChI is InChI=1S/C6H10I2O2/c1-9-6(10-2)3-5(8)4-7/h4,6H,3H2,1-2H3/b5-4+. The average molecular weight is 368 g/mol. The molecule has 0 fully saturated rings. The number of ether oxygens (including phenoxy) is 2. The third-order valence-electron chi connectivity index (χ3n) is 1.01. The van der Waals surface area contributed by atoms with Gasteiger partial charge in [-0.1, -0.05) is 22.6 Å². The van der Waals surface area contributed by atoms with Gasteiger partial charge in [0.2, 0.25) is 0 Å². The van der Waals surface area contributed by atoms with Crippen molar-refractivity contribution >= 4 is 45.2 Å². The number of hydrogen-bond acceptors (Lipinski definition) is 2. The molecule has 0 atom stereocenters. The largest absolute Gasteiger partial charge is 0.356 e. The van der Waals surface area contributed by atoms with E-state index in [9.17, 15) is 0 Å². The molecule has 0 aromatic rings. The molecule has 0 spiro atoms. The Morgan fingerprint density at radius 3 is 2.30 bits per heavy atom. The molecule has 0 amide bonds. The molecule has 0 heterocycles. The Labute approximate surface area is 88.6 Å². The molecule has 0 N–H and O–H groups in total. The molecule has 2 nitrogen and oxygen atoms in total. The van der Waals surface area contributed by atoms with Crippen LogP contribution in [0, 0.1) is 0 Å². The van der Waals surface area contributed by atoms with Crippen LogP contribution in [0.25, 0.3) is 0 Å². The Hall–Kier alpha value is 1.12. The molecule has 0 aliphatic heterocycles. The molecule has 0 aliphatic rings. The van der Waals surface area contributed by atoms with Crippen molar-refractivity contribution < 1.29 is 9.47 Å². The molecule has 0 rings (SSSR count). The fourth-order valence-corrected chi connectivity index (χ4v) is 1.08. The number of hydrogen-bond donors (Lipinski definition) is 0. The molecule has 0 bridgehead atoms. The minimum atomic E-state index is -0.0992. The first-order valence-electron chi connectivity index (χ1n) is 2.75. The average Bonchev–Trinajstić information content (AvgIpc) is 1.99. The second-order valence-electron chi connectivity index (χ2n) is 1.66. The van der Waals surface area contributed by atoms with Gasteiger partial charge in [0.15, 0.2) is 6.29 Å². The van der Waals surface area contributed by atoms with Crippen LogP contribution in [0.5, 0.6) is 0 Å². The monoisotopic (exact) mass is 368 g/mol. The Bertz CT molecular complexity index is 110. The minimum Gasteiger partial charge on any atom is -0.356 e. The van der Waals surface area contributed by atoms with E-state index in [1.54, 1.807) is 14.2 Å². The predicted octanol–water partition coefficient (Wildman–Crippen LogP) is 2.71. The SMILES string of the molecule is COC(C/C(I)=C\I)OC. The van der Waals surface area contributed by atoms with Gasteiger partial charge in [0.1, 0.15) is 0 Å². The molecule has 0 saturated heterocycles. The summed E-state index contributed by atoms with van der Waals surface area (Å²) in [5.74, 6) is 0. The molecular weight excluding hydrogens is 358 g/mol. The Morgan fingerprint density at radius 1 is 1.50 bits per heavy atom. The van der Waals surface area contributed by atoms with E-state index in [-0.39, 0.29) is 6.29 Å². The summed E-state index contributed by atoms with van der Waals surface area (Å²) in [5, 5.41) is 0. The molecule has 0 saturated carbocycles. The summed E-state index contributed by atoms with van der Waals surface area (Å²) in [4.78, 5) is 0. The smallest absolute Gasteiger partial charge is 0.161 e. The Balaban J connectivity index is 3.63. The Morgan fingerprint density at radius 2 is 2.00 bits per heavy atom. The first-order chi connectivity index (χ1) is 4.74. The van der Waals surface area contributed by atoms with Crippen molar-refractivity contribution in [1.82, 2.24) is 0 Å². The van der Waals surface area contributed by atoms with E-state index in [4.69, 9.17) is 9.47 Å². The molecule has 60 valence electrons. The fourth-order valence-electron chi connectivity index (χ4n) is 0.467. The summed E-state index contributed by atoms with van der Waals surface area (Å²) in [7, 11) is 3.29. The molecule has 0 aliphatic carbocycles. The molecule has 0 unspecified atom stereocenters. The first-order valence-corrected chi connectivity index (χ1v) is 5.07. The van der Waals surface area contributed by atoms with E-state index < -0.39 is 0 Å². The third kappa shape index (κ3) is 4.86. The predicted molar refractivity (Wildman–Crippen MR) is 58.5 cm³/mol. The normalized spacial score (nSPS) is 12.7. The summed E-state index contributed by atoms with van der Waals surface area (Å²) in [6.07, 6.45) is 0.731. The zero-order chi connectivity index (χ0) is 7.98. The van der Waals surface area contributed by atoms with Crippen LogP contribution in [-0.2, 0) is 9.47 Å². The second kappa shape index (κ2) is 6.81. The summed E-state index contributed by atoms with van der Waals surface area (Å²) >= 11 is 4.46. The van der Waals surface area contributed by atoms with Gasteiger partial charge in [0.25, 0.3) is 0 Å². The van der Waals surface area contributed by atoms with Crippen molar-refractivity contribution in [2.45, 2.75) is 12.7 Å². The number of halogens is 2. The lowest BCUT2D eigenvalue weighted by Gasteiger charge is -2.11. The molecule has 0 radical (unpaired) electrons. The van der Waals surface area contributed by atoms with Crippen molar-refractivity contribution in [3.05, 3.63) is 7.66 Å². The van der Waals surface area contributed by atoms with Crippen LogP contribution >= 0.6 is 45.2 Å². The van der Waals surface area contributed by atoms with Crippen LogP contribution < -0.4 is 0 Å². The van der Waals surface area contributed by atoms with Crippen LogP contribution in [0.3, 0.4) is 0 Å². The zero-order valence-corrected chi connectivity index (χ0v) is 10.2. The molecule has 0 aromatic carbocycles. The maximum Gasteiger partial charge on any atom is 0.161 e. The van der Waals surface area contributed by atoms with Gasteiger partial charge in [-0.25, -0.2) is 0 Å². The highest BCUT2D eigenvalue weighted by molar-refractivity contribution is 14.1. The highest BCUT2D eigenvalue weighted by Gasteiger charge is 2.05. The van der Waals surface area contributed by atoms with E-state index >= 15 is 0 Å². The Kier molecular flexibility index (Phi) is 7.57. The van der Waals surface area contributed by atoms with Gasteiger partial charge in [0, 0.05) is 24.2 Å². The molecule has 10 heavy (non-hydrogen) atoms. The van der Waals surface area contributed by atoms with Crippen molar-refractivity contribution in [2.24, 2.45) is 0 Å². The van der Waals surface area contributed by atoms with Crippen LogP contribution in [0.4, 0.5) is 0 Å². The van der Waals surface area contributed by atoms with Crippen molar-refractivity contribution in [3.8, 4) is 0 Å². The lowest BCUT2D eigenvalue weighted by molar-refractivity contribution is -0.0988. The molecular formula is C6H10I2O2. The number of rotatable bonds is 4.